The lowest BCUT2D eigenvalue weighted by Gasteiger charge is -2.52. The molecule has 1 aliphatic carbocycles. The van der Waals surface area contributed by atoms with E-state index >= 15 is 0 Å². The molecule has 20 heavy (non-hydrogen) atoms. The molecule has 0 radical (unpaired) electrons. The third-order valence-electron chi connectivity index (χ3n) is 4.44. The Balaban J connectivity index is 1.80. The minimum absolute atomic E-state index is 0.130. The number of phenols is 1. The van der Waals surface area contributed by atoms with E-state index in [1.165, 1.54) is 18.6 Å². The zero-order chi connectivity index (χ0) is 14.2. The van der Waals surface area contributed by atoms with Crippen molar-refractivity contribution in [1.29, 1.82) is 0 Å². The van der Waals surface area contributed by atoms with Crippen molar-refractivity contribution in [3.8, 4) is 5.75 Å². The molecule has 2 aliphatic rings. The summed E-state index contributed by atoms with van der Waals surface area (Å²) in [5, 5.41) is 20.4. The van der Waals surface area contributed by atoms with Crippen molar-refractivity contribution in [2.75, 3.05) is 19.8 Å². The summed E-state index contributed by atoms with van der Waals surface area (Å²) in [6, 6.07) is 4.63. The number of nitro groups is 1. The van der Waals surface area contributed by atoms with E-state index in [2.05, 4.69) is 4.90 Å². The minimum atomic E-state index is -0.544. The summed E-state index contributed by atoms with van der Waals surface area (Å²) in [4.78, 5) is 12.7. The van der Waals surface area contributed by atoms with Crippen molar-refractivity contribution in [2.45, 2.75) is 31.3 Å². The first-order chi connectivity index (χ1) is 9.61. The molecule has 1 spiro atoms. The smallest absolute Gasteiger partial charge is 0.311 e. The Bertz CT molecular complexity index is 528. The molecule has 1 heterocycles. The van der Waals surface area contributed by atoms with E-state index in [1.54, 1.807) is 6.07 Å². The Labute approximate surface area is 117 Å². The molecule has 2 fully saturated rings. The molecule has 1 saturated carbocycles. The van der Waals surface area contributed by atoms with E-state index in [4.69, 9.17) is 4.74 Å². The van der Waals surface area contributed by atoms with Crippen molar-refractivity contribution in [3.05, 3.63) is 33.9 Å². The summed E-state index contributed by atoms with van der Waals surface area (Å²) in [5.74, 6) is -0.279. The van der Waals surface area contributed by atoms with E-state index in [0.717, 1.165) is 31.6 Å². The monoisotopic (exact) mass is 278 g/mol. The molecule has 1 saturated heterocycles. The Morgan fingerprint density at radius 1 is 1.45 bits per heavy atom. The molecule has 1 N–H and O–H groups in total. The number of morpholine rings is 1. The van der Waals surface area contributed by atoms with Crippen LogP contribution < -0.4 is 0 Å². The van der Waals surface area contributed by atoms with Gasteiger partial charge in [-0.1, -0.05) is 6.07 Å². The second-order valence-electron chi connectivity index (χ2n) is 5.63. The Morgan fingerprint density at radius 3 is 2.90 bits per heavy atom. The number of ether oxygens (including phenoxy) is 1. The molecule has 0 bridgehead atoms. The fraction of sp³-hybridized carbons (Fsp3) is 0.571. The van der Waals surface area contributed by atoms with Gasteiger partial charge in [0.2, 0.25) is 0 Å². The Hall–Kier alpha value is -1.66. The number of hydrogen-bond donors (Lipinski definition) is 1. The first-order valence-electron chi connectivity index (χ1n) is 6.90. The van der Waals surface area contributed by atoms with E-state index in [-0.39, 0.29) is 17.0 Å². The zero-order valence-electron chi connectivity index (χ0n) is 11.2. The van der Waals surface area contributed by atoms with Gasteiger partial charge in [-0.15, -0.1) is 0 Å². The summed E-state index contributed by atoms with van der Waals surface area (Å²) in [5.41, 5.74) is 0.770. The molecular weight excluding hydrogens is 260 g/mol. The number of hydrogen-bond acceptors (Lipinski definition) is 5. The van der Waals surface area contributed by atoms with Crippen LogP contribution in [0.4, 0.5) is 5.69 Å². The second-order valence-corrected chi connectivity index (χ2v) is 5.63. The highest BCUT2D eigenvalue weighted by molar-refractivity contribution is 5.47. The molecule has 1 aromatic rings. The Morgan fingerprint density at radius 2 is 2.25 bits per heavy atom. The molecule has 0 amide bonds. The number of phenolic OH excluding ortho intramolecular Hbond substituents is 1. The van der Waals surface area contributed by atoms with Gasteiger partial charge in [-0.05, 0) is 30.9 Å². The summed E-state index contributed by atoms with van der Waals surface area (Å²) in [6.45, 7) is 2.99. The molecule has 108 valence electrons. The van der Waals surface area contributed by atoms with Crippen molar-refractivity contribution in [2.24, 2.45) is 0 Å². The lowest BCUT2D eigenvalue weighted by Crippen LogP contribution is -2.60. The maximum absolute atomic E-state index is 10.9. The van der Waals surface area contributed by atoms with Crippen LogP contribution in [0, 0.1) is 10.1 Å². The van der Waals surface area contributed by atoms with Crippen molar-refractivity contribution < 1.29 is 14.8 Å². The number of benzene rings is 1. The molecule has 3 rings (SSSR count). The van der Waals surface area contributed by atoms with Gasteiger partial charge in [0.1, 0.15) is 0 Å². The average molecular weight is 278 g/mol. The van der Waals surface area contributed by atoms with Crippen LogP contribution in [0.25, 0.3) is 0 Å². The van der Waals surface area contributed by atoms with Gasteiger partial charge in [0, 0.05) is 24.7 Å². The summed E-state index contributed by atoms with van der Waals surface area (Å²) in [6.07, 6.45) is 3.48. The maximum atomic E-state index is 10.9. The topological polar surface area (TPSA) is 75.8 Å². The van der Waals surface area contributed by atoms with E-state index in [0.29, 0.717) is 13.2 Å². The third-order valence-corrected chi connectivity index (χ3v) is 4.44. The van der Waals surface area contributed by atoms with Crippen molar-refractivity contribution >= 4 is 5.69 Å². The van der Waals surface area contributed by atoms with Crippen LogP contribution in [0.15, 0.2) is 18.2 Å². The predicted octanol–water partition coefficient (Wildman–Crippen LogP) is 2.06. The van der Waals surface area contributed by atoms with Crippen LogP contribution >= 0.6 is 0 Å². The highest BCUT2D eigenvalue weighted by Crippen LogP contribution is 2.40. The first-order valence-corrected chi connectivity index (χ1v) is 6.90. The lowest BCUT2D eigenvalue weighted by atomic mass is 9.75. The molecule has 6 heteroatoms. The molecule has 0 atom stereocenters. The lowest BCUT2D eigenvalue weighted by molar-refractivity contribution is -0.385. The van der Waals surface area contributed by atoms with Crippen LogP contribution in [-0.2, 0) is 11.3 Å². The van der Waals surface area contributed by atoms with E-state index in [9.17, 15) is 15.2 Å². The average Bonchev–Trinajstić information content (AvgIpc) is 2.39. The van der Waals surface area contributed by atoms with Gasteiger partial charge in [0.05, 0.1) is 18.1 Å². The van der Waals surface area contributed by atoms with Crippen LogP contribution in [-0.4, -0.2) is 40.2 Å². The standard InChI is InChI=1S/C14H18N2O4/c17-13-3-2-11(8-12(13)16(18)19)9-15-6-7-20-10-14(15)4-1-5-14/h2-3,8,17H,1,4-7,9-10H2. The maximum Gasteiger partial charge on any atom is 0.311 e. The predicted molar refractivity (Wildman–Crippen MR) is 72.6 cm³/mol. The first kappa shape index (κ1) is 13.3. The highest BCUT2D eigenvalue weighted by atomic mass is 16.6. The molecule has 1 aromatic carbocycles. The van der Waals surface area contributed by atoms with E-state index < -0.39 is 4.92 Å². The van der Waals surface area contributed by atoms with Crippen LogP contribution in [0.3, 0.4) is 0 Å². The summed E-state index contributed by atoms with van der Waals surface area (Å²) < 4.78 is 5.59. The Kier molecular flexibility index (Phi) is 3.35. The highest BCUT2D eigenvalue weighted by Gasteiger charge is 2.44. The number of aromatic hydroxyl groups is 1. The quantitative estimate of drug-likeness (QED) is 0.676. The number of rotatable bonds is 3. The second kappa shape index (κ2) is 5.03. The van der Waals surface area contributed by atoms with E-state index in [1.807, 2.05) is 0 Å². The zero-order valence-corrected chi connectivity index (χ0v) is 11.2. The van der Waals surface area contributed by atoms with Crippen LogP contribution in [0.5, 0.6) is 5.75 Å². The summed E-state index contributed by atoms with van der Waals surface area (Å²) >= 11 is 0. The molecule has 6 nitrogen and oxygen atoms in total. The largest absolute Gasteiger partial charge is 0.502 e. The van der Waals surface area contributed by atoms with Crippen LogP contribution in [0.1, 0.15) is 24.8 Å². The van der Waals surface area contributed by atoms with Crippen molar-refractivity contribution in [1.82, 2.24) is 4.90 Å². The summed E-state index contributed by atoms with van der Waals surface area (Å²) in [7, 11) is 0. The van der Waals surface area contributed by atoms with Crippen molar-refractivity contribution in [3.63, 3.8) is 0 Å². The fourth-order valence-corrected chi connectivity index (χ4v) is 3.09. The van der Waals surface area contributed by atoms with Gasteiger partial charge in [-0.2, -0.15) is 0 Å². The van der Waals surface area contributed by atoms with Gasteiger partial charge >= 0.3 is 5.69 Å². The van der Waals surface area contributed by atoms with Gasteiger partial charge in [-0.25, -0.2) is 0 Å². The molecule has 0 unspecified atom stereocenters. The minimum Gasteiger partial charge on any atom is -0.502 e. The van der Waals surface area contributed by atoms with Crippen LogP contribution in [0.2, 0.25) is 0 Å². The third kappa shape index (κ3) is 2.25. The molecule has 0 aromatic heterocycles. The van der Waals surface area contributed by atoms with Gasteiger partial charge in [0.15, 0.2) is 5.75 Å². The van der Waals surface area contributed by atoms with Gasteiger partial charge in [0.25, 0.3) is 0 Å². The molecular formula is C14H18N2O4. The SMILES string of the molecule is O=[N+]([O-])c1cc(CN2CCOCC23CCC3)ccc1O. The molecule has 1 aliphatic heterocycles. The van der Waals surface area contributed by atoms with Gasteiger partial charge in [-0.3, -0.25) is 15.0 Å². The fourth-order valence-electron chi connectivity index (χ4n) is 3.09. The number of nitrogens with zero attached hydrogens (tertiary/aromatic N) is 2. The normalized spacial score (nSPS) is 21.6. The number of nitro benzene ring substituents is 1. The van der Waals surface area contributed by atoms with Gasteiger partial charge < -0.3 is 9.84 Å².